The van der Waals surface area contributed by atoms with Crippen LogP contribution in [-0.4, -0.2) is 34.8 Å². The van der Waals surface area contributed by atoms with Crippen LogP contribution in [0.5, 0.6) is 11.5 Å². The van der Waals surface area contributed by atoms with Crippen LogP contribution in [0.25, 0.3) is 11.4 Å². The molecule has 128 valence electrons. The fourth-order valence-electron chi connectivity index (χ4n) is 2.29. The Hall–Kier alpha value is -2.93. The van der Waals surface area contributed by atoms with E-state index in [-0.39, 0.29) is 0 Å². The van der Waals surface area contributed by atoms with Gasteiger partial charge in [0.2, 0.25) is 4.77 Å². The number of aromatic amines is 1. The van der Waals surface area contributed by atoms with E-state index >= 15 is 0 Å². The van der Waals surface area contributed by atoms with Crippen molar-refractivity contribution >= 4 is 18.4 Å². The number of H-pyrrole nitrogens is 1. The summed E-state index contributed by atoms with van der Waals surface area (Å²) in [6.07, 6.45) is 1.73. The maximum Gasteiger partial charge on any atom is 0.216 e. The molecule has 2 aromatic carbocycles. The molecule has 1 N–H and O–H groups in total. The Morgan fingerprint density at radius 3 is 2.72 bits per heavy atom. The van der Waals surface area contributed by atoms with Gasteiger partial charge in [0, 0.05) is 5.56 Å². The number of nitrogens with zero attached hydrogens (tertiary/aromatic N) is 3. The largest absolute Gasteiger partial charge is 0.497 e. The molecule has 0 unspecified atom stereocenters. The predicted octanol–water partition coefficient (Wildman–Crippen LogP) is 3.90. The number of rotatable bonds is 6. The first-order chi connectivity index (χ1) is 12.2. The highest BCUT2D eigenvalue weighted by Gasteiger charge is 2.09. The number of nitrogens with one attached hydrogen (secondary N) is 1. The normalized spacial score (nSPS) is 11.0. The van der Waals surface area contributed by atoms with Crippen LogP contribution in [0, 0.1) is 4.77 Å². The second-order valence-corrected chi connectivity index (χ2v) is 5.53. The summed E-state index contributed by atoms with van der Waals surface area (Å²) in [6.45, 7) is 2.59. The standard InChI is InChI=1S/C18H18N4O2S/c1-3-24-15-9-7-13(8-10-15)12-19-22-17(20-21-18(22)25)14-5-4-6-16(11-14)23-2/h4-12H,3H2,1-2H3,(H,21,25)/b19-12+. The summed E-state index contributed by atoms with van der Waals surface area (Å²) in [5.74, 6) is 2.19. The smallest absolute Gasteiger partial charge is 0.216 e. The molecule has 3 rings (SSSR count). The van der Waals surface area contributed by atoms with E-state index in [2.05, 4.69) is 15.3 Å². The molecule has 0 aliphatic carbocycles. The van der Waals surface area contributed by atoms with Crippen LogP contribution in [0.1, 0.15) is 12.5 Å². The summed E-state index contributed by atoms with van der Waals surface area (Å²) in [6, 6.07) is 15.3. The van der Waals surface area contributed by atoms with E-state index in [9.17, 15) is 0 Å². The molecule has 0 aliphatic rings. The van der Waals surface area contributed by atoms with Gasteiger partial charge in [0.1, 0.15) is 11.5 Å². The number of hydrogen-bond acceptors (Lipinski definition) is 5. The summed E-state index contributed by atoms with van der Waals surface area (Å²) < 4.78 is 12.7. The van der Waals surface area contributed by atoms with Gasteiger partial charge in [0.15, 0.2) is 5.82 Å². The minimum atomic E-state index is 0.417. The summed E-state index contributed by atoms with van der Waals surface area (Å²) >= 11 is 5.28. The number of benzene rings is 2. The molecule has 3 aromatic rings. The average molecular weight is 354 g/mol. The lowest BCUT2D eigenvalue weighted by atomic mass is 10.2. The van der Waals surface area contributed by atoms with Crippen LogP contribution in [0.2, 0.25) is 0 Å². The molecule has 0 amide bonds. The summed E-state index contributed by atoms with van der Waals surface area (Å²) in [7, 11) is 1.63. The highest BCUT2D eigenvalue weighted by Crippen LogP contribution is 2.22. The van der Waals surface area contributed by atoms with Crippen molar-refractivity contribution in [3.05, 3.63) is 58.9 Å². The lowest BCUT2D eigenvalue weighted by molar-refractivity contribution is 0.340. The van der Waals surface area contributed by atoms with E-state index in [1.807, 2.05) is 55.5 Å². The van der Waals surface area contributed by atoms with Gasteiger partial charge in [0.25, 0.3) is 0 Å². The summed E-state index contributed by atoms with van der Waals surface area (Å²) in [4.78, 5) is 0. The minimum absolute atomic E-state index is 0.417. The Morgan fingerprint density at radius 1 is 1.20 bits per heavy atom. The number of aromatic nitrogens is 3. The third-order valence-corrected chi connectivity index (χ3v) is 3.76. The minimum Gasteiger partial charge on any atom is -0.497 e. The third kappa shape index (κ3) is 3.95. The molecule has 25 heavy (non-hydrogen) atoms. The Labute approximate surface area is 150 Å². The molecule has 0 bridgehead atoms. The van der Waals surface area contributed by atoms with E-state index in [0.29, 0.717) is 17.2 Å². The summed E-state index contributed by atoms with van der Waals surface area (Å²) in [5.41, 5.74) is 1.79. The molecule has 6 nitrogen and oxygen atoms in total. The van der Waals surface area contributed by atoms with Gasteiger partial charge >= 0.3 is 0 Å². The third-order valence-electron chi connectivity index (χ3n) is 3.49. The molecule has 0 fully saturated rings. The molecule has 0 aliphatic heterocycles. The highest BCUT2D eigenvalue weighted by molar-refractivity contribution is 7.71. The fourth-order valence-corrected chi connectivity index (χ4v) is 2.47. The topological polar surface area (TPSA) is 64.4 Å². The molecular weight excluding hydrogens is 336 g/mol. The Morgan fingerprint density at radius 2 is 2.00 bits per heavy atom. The lowest BCUT2D eigenvalue weighted by Gasteiger charge is -2.04. The van der Waals surface area contributed by atoms with Crippen LogP contribution in [0.15, 0.2) is 53.6 Å². The van der Waals surface area contributed by atoms with E-state index < -0.39 is 0 Å². The van der Waals surface area contributed by atoms with E-state index in [1.165, 1.54) is 0 Å². The van der Waals surface area contributed by atoms with Gasteiger partial charge in [-0.1, -0.05) is 12.1 Å². The van der Waals surface area contributed by atoms with Gasteiger partial charge in [0.05, 0.1) is 19.9 Å². The van der Waals surface area contributed by atoms with Crippen molar-refractivity contribution in [3.8, 4) is 22.9 Å². The van der Waals surface area contributed by atoms with Crippen LogP contribution in [0.4, 0.5) is 0 Å². The fraction of sp³-hybridized carbons (Fsp3) is 0.167. The zero-order valence-corrected chi connectivity index (χ0v) is 14.8. The molecule has 1 heterocycles. The van der Waals surface area contributed by atoms with Crippen molar-refractivity contribution in [3.63, 3.8) is 0 Å². The number of ether oxygens (including phenoxy) is 2. The zero-order valence-electron chi connectivity index (χ0n) is 14.0. The van der Waals surface area contributed by atoms with Crippen molar-refractivity contribution in [1.29, 1.82) is 0 Å². The van der Waals surface area contributed by atoms with Crippen molar-refractivity contribution in [2.75, 3.05) is 13.7 Å². The first-order valence-electron chi connectivity index (χ1n) is 7.80. The average Bonchev–Trinajstić information content (AvgIpc) is 3.02. The monoisotopic (exact) mass is 354 g/mol. The summed E-state index contributed by atoms with van der Waals surface area (Å²) in [5, 5.41) is 11.5. The van der Waals surface area contributed by atoms with E-state index in [1.54, 1.807) is 18.0 Å². The Kier molecular flexibility index (Phi) is 5.25. The van der Waals surface area contributed by atoms with Crippen molar-refractivity contribution < 1.29 is 9.47 Å². The van der Waals surface area contributed by atoms with Gasteiger partial charge in [-0.05, 0) is 61.1 Å². The molecule has 0 atom stereocenters. The number of hydrogen-bond donors (Lipinski definition) is 1. The van der Waals surface area contributed by atoms with Crippen molar-refractivity contribution in [2.45, 2.75) is 6.92 Å². The molecule has 0 saturated heterocycles. The van der Waals surface area contributed by atoms with Crippen LogP contribution in [0.3, 0.4) is 0 Å². The van der Waals surface area contributed by atoms with Crippen molar-refractivity contribution in [2.24, 2.45) is 5.10 Å². The SMILES string of the molecule is CCOc1ccc(/C=N/n2c(-c3cccc(OC)c3)n[nH]c2=S)cc1. The highest BCUT2D eigenvalue weighted by atomic mass is 32.1. The molecule has 0 saturated carbocycles. The van der Waals surface area contributed by atoms with Crippen LogP contribution >= 0.6 is 12.2 Å². The molecule has 7 heteroatoms. The van der Waals surface area contributed by atoms with Crippen molar-refractivity contribution in [1.82, 2.24) is 14.9 Å². The first kappa shape index (κ1) is 16.9. The van der Waals surface area contributed by atoms with Gasteiger partial charge in [-0.25, -0.2) is 5.10 Å². The number of methoxy groups -OCH3 is 1. The second kappa shape index (κ2) is 7.76. The van der Waals surface area contributed by atoms with E-state index in [0.717, 1.165) is 22.6 Å². The maximum atomic E-state index is 5.44. The Balaban J connectivity index is 1.90. The zero-order chi connectivity index (χ0) is 17.6. The molecular formula is C18H18N4O2S. The molecule has 1 aromatic heterocycles. The lowest BCUT2D eigenvalue weighted by Crippen LogP contribution is -1.96. The quantitative estimate of drug-likeness (QED) is 0.539. The van der Waals surface area contributed by atoms with Crippen LogP contribution in [-0.2, 0) is 0 Å². The maximum absolute atomic E-state index is 5.44. The van der Waals surface area contributed by atoms with Crippen LogP contribution < -0.4 is 9.47 Å². The van der Waals surface area contributed by atoms with Gasteiger partial charge in [-0.2, -0.15) is 14.9 Å². The molecule has 0 radical (unpaired) electrons. The van der Waals surface area contributed by atoms with Gasteiger partial charge in [-0.3, -0.25) is 0 Å². The second-order valence-electron chi connectivity index (χ2n) is 5.14. The first-order valence-corrected chi connectivity index (χ1v) is 8.21. The Bertz CT molecular complexity index is 929. The molecule has 0 spiro atoms. The van der Waals surface area contributed by atoms with Gasteiger partial charge < -0.3 is 9.47 Å². The van der Waals surface area contributed by atoms with E-state index in [4.69, 9.17) is 21.7 Å². The predicted molar refractivity (Wildman–Crippen MR) is 100 cm³/mol. The van der Waals surface area contributed by atoms with Gasteiger partial charge in [-0.15, -0.1) is 0 Å².